The van der Waals surface area contributed by atoms with E-state index in [4.69, 9.17) is 11.6 Å². The van der Waals surface area contributed by atoms with Crippen molar-refractivity contribution in [2.24, 2.45) is 0 Å². The van der Waals surface area contributed by atoms with Gasteiger partial charge in [0.2, 0.25) is 0 Å². The average Bonchev–Trinajstić information content (AvgIpc) is 2.38. The summed E-state index contributed by atoms with van der Waals surface area (Å²) in [6.45, 7) is 0. The van der Waals surface area contributed by atoms with Crippen molar-refractivity contribution in [3.63, 3.8) is 0 Å². The van der Waals surface area contributed by atoms with Crippen molar-refractivity contribution >= 4 is 17.4 Å². The first-order chi connectivity index (χ1) is 9.47. The van der Waals surface area contributed by atoms with Crippen molar-refractivity contribution in [3.05, 3.63) is 70.0 Å². The molecule has 0 bridgehead atoms. The molecule has 5 heteroatoms. The maximum atomic E-state index is 13.5. The number of hydrogen-bond donors (Lipinski definition) is 0. The third-order valence-corrected chi connectivity index (χ3v) is 3.18. The van der Waals surface area contributed by atoms with Gasteiger partial charge in [0, 0.05) is 23.4 Å². The van der Waals surface area contributed by atoms with Gasteiger partial charge in [0.1, 0.15) is 11.6 Å². The Labute approximate surface area is 119 Å². The van der Waals surface area contributed by atoms with E-state index in [1.807, 2.05) is 0 Å². The predicted molar refractivity (Wildman–Crippen MR) is 70.2 cm³/mol. The first-order valence-electron chi connectivity index (χ1n) is 5.86. The van der Waals surface area contributed by atoms with Crippen molar-refractivity contribution in [2.45, 2.75) is 12.8 Å². The number of hydrogen-bond acceptors (Lipinski definition) is 1. The minimum Gasteiger partial charge on any atom is -0.299 e. The highest BCUT2D eigenvalue weighted by atomic mass is 35.5. The lowest BCUT2D eigenvalue weighted by Gasteiger charge is -2.06. The molecular weight excluding hydrogens is 289 g/mol. The van der Waals surface area contributed by atoms with Gasteiger partial charge in [0.05, 0.1) is 0 Å². The van der Waals surface area contributed by atoms with E-state index in [0.717, 1.165) is 12.1 Å². The third kappa shape index (κ3) is 3.39. The average molecular weight is 299 g/mol. The van der Waals surface area contributed by atoms with E-state index < -0.39 is 17.5 Å². The molecule has 0 saturated carbocycles. The van der Waals surface area contributed by atoms with Crippen LogP contribution in [0.25, 0.3) is 0 Å². The molecule has 2 aromatic rings. The summed E-state index contributed by atoms with van der Waals surface area (Å²) in [5, 5.41) is 0.170. The van der Waals surface area contributed by atoms with Crippen molar-refractivity contribution in [1.29, 1.82) is 0 Å². The summed E-state index contributed by atoms with van der Waals surface area (Å²) < 4.78 is 39.3. The fourth-order valence-corrected chi connectivity index (χ4v) is 2.07. The highest BCUT2D eigenvalue weighted by Gasteiger charge is 2.13. The zero-order valence-electron chi connectivity index (χ0n) is 10.3. The lowest BCUT2D eigenvalue weighted by Crippen LogP contribution is -2.09. The largest absolute Gasteiger partial charge is 0.299 e. The van der Waals surface area contributed by atoms with Crippen LogP contribution in [-0.4, -0.2) is 5.78 Å². The van der Waals surface area contributed by atoms with Gasteiger partial charge in [0.25, 0.3) is 0 Å². The highest BCUT2D eigenvalue weighted by Crippen LogP contribution is 2.20. The second-order valence-electron chi connectivity index (χ2n) is 4.34. The number of benzene rings is 2. The number of Topliss-reactive ketones (excluding diaryl/α,β-unsaturated/α-hetero) is 1. The van der Waals surface area contributed by atoms with E-state index in [-0.39, 0.29) is 29.2 Å². The Morgan fingerprint density at radius 2 is 1.70 bits per heavy atom. The fraction of sp³-hybridized carbons (Fsp3) is 0.133. The Morgan fingerprint density at radius 1 is 0.950 bits per heavy atom. The van der Waals surface area contributed by atoms with E-state index in [0.29, 0.717) is 5.56 Å². The Bertz CT molecular complexity index is 635. The van der Waals surface area contributed by atoms with Gasteiger partial charge in [-0.2, -0.15) is 0 Å². The van der Waals surface area contributed by atoms with Crippen LogP contribution in [0.1, 0.15) is 11.1 Å². The molecule has 0 unspecified atom stereocenters. The van der Waals surface area contributed by atoms with E-state index in [9.17, 15) is 18.0 Å². The van der Waals surface area contributed by atoms with Crippen LogP contribution in [0, 0.1) is 17.5 Å². The molecule has 0 spiro atoms. The minimum atomic E-state index is -1.01. The highest BCUT2D eigenvalue weighted by molar-refractivity contribution is 6.31. The van der Waals surface area contributed by atoms with Gasteiger partial charge in [-0.15, -0.1) is 0 Å². The maximum absolute atomic E-state index is 13.5. The standard InChI is InChI=1S/C15H10ClF3O/c16-12-2-1-3-13(17)11(12)8-10(20)6-9-4-5-14(18)15(19)7-9/h1-5,7H,6,8H2. The first-order valence-corrected chi connectivity index (χ1v) is 6.23. The van der Waals surface area contributed by atoms with Crippen LogP contribution >= 0.6 is 11.6 Å². The first kappa shape index (κ1) is 14.6. The van der Waals surface area contributed by atoms with Crippen molar-refractivity contribution < 1.29 is 18.0 Å². The van der Waals surface area contributed by atoms with Crippen LogP contribution in [0.3, 0.4) is 0 Å². The van der Waals surface area contributed by atoms with Gasteiger partial charge in [-0.3, -0.25) is 4.79 Å². The second-order valence-corrected chi connectivity index (χ2v) is 4.75. The molecule has 0 amide bonds. The van der Waals surface area contributed by atoms with E-state index >= 15 is 0 Å². The minimum absolute atomic E-state index is 0.109. The van der Waals surface area contributed by atoms with Crippen LogP contribution in [0.5, 0.6) is 0 Å². The number of ketones is 1. The molecule has 0 aliphatic carbocycles. The van der Waals surface area contributed by atoms with E-state index in [1.165, 1.54) is 24.3 Å². The normalized spacial score (nSPS) is 10.6. The Kier molecular flexibility index (Phi) is 4.45. The third-order valence-electron chi connectivity index (χ3n) is 2.82. The van der Waals surface area contributed by atoms with Gasteiger partial charge in [-0.1, -0.05) is 23.7 Å². The number of rotatable bonds is 4. The zero-order chi connectivity index (χ0) is 14.7. The predicted octanol–water partition coefficient (Wildman–Crippen LogP) is 4.11. The smallest absolute Gasteiger partial charge is 0.159 e. The summed E-state index contributed by atoms with van der Waals surface area (Å²) in [4.78, 5) is 11.8. The van der Waals surface area contributed by atoms with Crippen LogP contribution in [-0.2, 0) is 17.6 Å². The zero-order valence-corrected chi connectivity index (χ0v) is 11.1. The van der Waals surface area contributed by atoms with Gasteiger partial charge in [-0.05, 0) is 29.8 Å². The molecule has 0 N–H and O–H groups in total. The molecule has 2 aromatic carbocycles. The molecule has 0 aliphatic rings. The molecule has 0 atom stereocenters. The monoisotopic (exact) mass is 298 g/mol. The molecule has 1 nitrogen and oxygen atoms in total. The van der Waals surface area contributed by atoms with E-state index in [1.54, 1.807) is 0 Å². The maximum Gasteiger partial charge on any atom is 0.159 e. The van der Waals surface area contributed by atoms with Crippen LogP contribution in [0.15, 0.2) is 36.4 Å². The fourth-order valence-electron chi connectivity index (χ4n) is 1.84. The second kappa shape index (κ2) is 6.09. The van der Waals surface area contributed by atoms with Gasteiger partial charge in [0.15, 0.2) is 11.6 Å². The SMILES string of the molecule is O=C(Cc1ccc(F)c(F)c1)Cc1c(F)cccc1Cl. The van der Waals surface area contributed by atoms with Gasteiger partial charge in [-0.25, -0.2) is 13.2 Å². The lowest BCUT2D eigenvalue weighted by molar-refractivity contribution is -0.117. The topological polar surface area (TPSA) is 17.1 Å². The summed E-state index contributed by atoms with van der Waals surface area (Å²) >= 11 is 5.82. The quantitative estimate of drug-likeness (QED) is 0.830. The van der Waals surface area contributed by atoms with Gasteiger partial charge >= 0.3 is 0 Å². The molecule has 0 fully saturated rings. The molecule has 104 valence electrons. The number of carbonyl (C=O) groups is 1. The molecular formula is C15H10ClF3O. The summed E-state index contributed by atoms with van der Waals surface area (Å²) in [6, 6.07) is 7.38. The van der Waals surface area contributed by atoms with Crippen molar-refractivity contribution in [2.75, 3.05) is 0 Å². The van der Waals surface area contributed by atoms with Crippen molar-refractivity contribution in [1.82, 2.24) is 0 Å². The molecule has 0 radical (unpaired) electrons. The molecule has 2 rings (SSSR count). The summed E-state index contributed by atoms with van der Waals surface area (Å²) in [5.74, 6) is -2.88. The Hall–Kier alpha value is -1.81. The van der Waals surface area contributed by atoms with Crippen molar-refractivity contribution in [3.8, 4) is 0 Å². The summed E-state index contributed by atoms with van der Waals surface area (Å²) in [6.07, 6.45) is -0.299. The molecule has 0 saturated heterocycles. The lowest BCUT2D eigenvalue weighted by atomic mass is 10.0. The van der Waals surface area contributed by atoms with E-state index in [2.05, 4.69) is 0 Å². The van der Waals surface area contributed by atoms with Crippen LogP contribution < -0.4 is 0 Å². The Morgan fingerprint density at radius 3 is 2.35 bits per heavy atom. The summed E-state index contributed by atoms with van der Waals surface area (Å²) in [7, 11) is 0. The Balaban J connectivity index is 2.11. The van der Waals surface area contributed by atoms with Gasteiger partial charge < -0.3 is 0 Å². The molecule has 0 heterocycles. The number of halogens is 4. The summed E-state index contributed by atoms with van der Waals surface area (Å²) in [5.41, 5.74) is 0.447. The molecule has 0 aliphatic heterocycles. The number of carbonyl (C=O) groups excluding carboxylic acids is 1. The molecule has 20 heavy (non-hydrogen) atoms. The molecule has 0 aromatic heterocycles. The van der Waals surface area contributed by atoms with Crippen LogP contribution in [0.4, 0.5) is 13.2 Å². The van der Waals surface area contributed by atoms with Crippen LogP contribution in [0.2, 0.25) is 5.02 Å².